The fourth-order valence-corrected chi connectivity index (χ4v) is 1.66. The molecule has 0 bridgehead atoms. The van der Waals surface area contributed by atoms with Crippen molar-refractivity contribution >= 4 is 6.34 Å². The van der Waals surface area contributed by atoms with Crippen molar-refractivity contribution in [1.29, 1.82) is 0 Å². The Morgan fingerprint density at radius 3 is 2.69 bits per heavy atom. The minimum Gasteiger partial charge on any atom is -0.271 e. The van der Waals surface area contributed by atoms with Crippen LogP contribution in [0, 0.1) is 0 Å². The molecule has 70 valence electrons. The predicted octanol–water partition coefficient (Wildman–Crippen LogP) is 1.76. The summed E-state index contributed by atoms with van der Waals surface area (Å²) in [6, 6.07) is 0. The smallest absolute Gasteiger partial charge is 0.109 e. The largest absolute Gasteiger partial charge is 0.271 e. The van der Waals surface area contributed by atoms with Crippen LogP contribution in [0.3, 0.4) is 0 Å². The molecule has 3 heteroatoms. The van der Waals surface area contributed by atoms with E-state index in [9.17, 15) is 0 Å². The van der Waals surface area contributed by atoms with E-state index in [0.29, 0.717) is 0 Å². The van der Waals surface area contributed by atoms with Crippen molar-refractivity contribution in [3.8, 4) is 0 Å². The molecule has 2 rings (SSSR count). The van der Waals surface area contributed by atoms with Crippen LogP contribution < -0.4 is 0 Å². The van der Waals surface area contributed by atoms with Crippen molar-refractivity contribution in [1.82, 2.24) is 10.0 Å². The van der Waals surface area contributed by atoms with Gasteiger partial charge in [-0.25, -0.2) is 10.0 Å². The third-order valence-corrected chi connectivity index (χ3v) is 2.37. The average molecular weight is 177 g/mol. The highest BCUT2D eigenvalue weighted by atomic mass is 15.6. The highest BCUT2D eigenvalue weighted by molar-refractivity contribution is 5.57. The monoisotopic (exact) mass is 177 g/mol. The van der Waals surface area contributed by atoms with Crippen LogP contribution >= 0.6 is 0 Å². The molecule has 13 heavy (non-hydrogen) atoms. The molecule has 0 aromatic rings. The van der Waals surface area contributed by atoms with Crippen LogP contribution in [-0.2, 0) is 0 Å². The van der Waals surface area contributed by atoms with E-state index in [0.717, 1.165) is 13.1 Å². The van der Waals surface area contributed by atoms with Gasteiger partial charge in [0.1, 0.15) is 6.34 Å². The molecule has 0 aromatic carbocycles. The Bertz CT molecular complexity index is 221. The summed E-state index contributed by atoms with van der Waals surface area (Å²) in [6.45, 7) is 2.30. The van der Waals surface area contributed by atoms with Gasteiger partial charge in [0.25, 0.3) is 0 Å². The zero-order valence-corrected chi connectivity index (χ0v) is 7.76. The SMILES string of the molecule is C1=CN=CN(N2CCCCC2)C=C1. The third-order valence-electron chi connectivity index (χ3n) is 2.37. The second kappa shape index (κ2) is 4.23. The van der Waals surface area contributed by atoms with Crippen LogP contribution in [0.25, 0.3) is 0 Å². The van der Waals surface area contributed by atoms with Gasteiger partial charge in [-0.1, -0.05) is 6.42 Å². The first-order valence-electron chi connectivity index (χ1n) is 4.87. The maximum Gasteiger partial charge on any atom is 0.109 e. The minimum atomic E-state index is 1.15. The Morgan fingerprint density at radius 2 is 1.85 bits per heavy atom. The average Bonchev–Trinajstić information content (AvgIpc) is 2.47. The van der Waals surface area contributed by atoms with Gasteiger partial charge in [0.05, 0.1) is 0 Å². The standard InChI is InChI=1S/C10H15N3/c1-3-7-12(8-4-1)13-9-5-2-6-11-10-13/h2,5-6,9-10H,1,3-4,7-8H2. The van der Waals surface area contributed by atoms with E-state index >= 15 is 0 Å². The van der Waals surface area contributed by atoms with Crippen LogP contribution in [0.2, 0.25) is 0 Å². The number of hydrazine groups is 1. The summed E-state index contributed by atoms with van der Waals surface area (Å²) in [5.41, 5.74) is 0. The Labute approximate surface area is 79.0 Å². The first-order chi connectivity index (χ1) is 6.47. The maximum absolute atomic E-state index is 4.14. The van der Waals surface area contributed by atoms with Gasteiger partial charge >= 0.3 is 0 Å². The number of aliphatic imine (C=N–C) groups is 1. The lowest BCUT2D eigenvalue weighted by atomic mass is 10.2. The molecule has 0 spiro atoms. The van der Waals surface area contributed by atoms with Gasteiger partial charge in [-0.15, -0.1) is 0 Å². The number of hydrogen-bond acceptors (Lipinski definition) is 3. The van der Waals surface area contributed by atoms with Crippen LogP contribution in [0.15, 0.2) is 29.5 Å². The number of allylic oxidation sites excluding steroid dienone is 2. The fourth-order valence-electron chi connectivity index (χ4n) is 1.66. The highest BCUT2D eigenvalue weighted by Gasteiger charge is 2.13. The molecule has 1 fully saturated rings. The van der Waals surface area contributed by atoms with Crippen molar-refractivity contribution < 1.29 is 0 Å². The summed E-state index contributed by atoms with van der Waals surface area (Å²) in [7, 11) is 0. The summed E-state index contributed by atoms with van der Waals surface area (Å²) in [6.07, 6.45) is 13.6. The zero-order chi connectivity index (χ0) is 8.93. The summed E-state index contributed by atoms with van der Waals surface area (Å²) in [4.78, 5) is 4.14. The quantitative estimate of drug-likeness (QED) is 0.607. The summed E-state index contributed by atoms with van der Waals surface area (Å²) >= 11 is 0. The molecule has 3 nitrogen and oxygen atoms in total. The second-order valence-corrected chi connectivity index (χ2v) is 3.34. The van der Waals surface area contributed by atoms with E-state index in [2.05, 4.69) is 21.2 Å². The predicted molar refractivity (Wildman–Crippen MR) is 54.0 cm³/mol. The molecular formula is C10H15N3. The zero-order valence-electron chi connectivity index (χ0n) is 7.76. The number of piperidine rings is 1. The molecule has 0 saturated carbocycles. The summed E-state index contributed by atoms with van der Waals surface area (Å²) in [5, 5.41) is 4.41. The Kier molecular flexibility index (Phi) is 2.77. The van der Waals surface area contributed by atoms with Gasteiger partial charge in [-0.05, 0) is 25.0 Å². The van der Waals surface area contributed by atoms with Crippen LogP contribution in [-0.4, -0.2) is 29.4 Å². The number of rotatable bonds is 1. The minimum absolute atomic E-state index is 1.15. The van der Waals surface area contributed by atoms with Crippen molar-refractivity contribution in [2.75, 3.05) is 13.1 Å². The van der Waals surface area contributed by atoms with Crippen molar-refractivity contribution in [3.63, 3.8) is 0 Å². The van der Waals surface area contributed by atoms with Gasteiger partial charge in [-0.2, -0.15) is 0 Å². The Hall–Kier alpha value is -1.09. The highest BCUT2D eigenvalue weighted by Crippen LogP contribution is 2.11. The third kappa shape index (κ3) is 2.18. The summed E-state index contributed by atoms with van der Waals surface area (Å²) < 4.78 is 0. The van der Waals surface area contributed by atoms with Gasteiger partial charge < -0.3 is 0 Å². The molecule has 0 unspecified atom stereocenters. The van der Waals surface area contributed by atoms with Crippen molar-refractivity contribution in [3.05, 3.63) is 24.6 Å². The molecule has 0 radical (unpaired) electrons. The molecule has 0 amide bonds. The molecule has 0 atom stereocenters. The first-order valence-corrected chi connectivity index (χ1v) is 4.87. The van der Waals surface area contributed by atoms with Crippen LogP contribution in [0.5, 0.6) is 0 Å². The lowest BCUT2D eigenvalue weighted by Gasteiger charge is -2.33. The number of nitrogens with zero attached hydrogens (tertiary/aromatic N) is 3. The summed E-state index contributed by atoms with van der Waals surface area (Å²) in [5.74, 6) is 0. The molecule has 1 saturated heterocycles. The first kappa shape index (κ1) is 8.51. The van der Waals surface area contributed by atoms with Gasteiger partial charge in [0, 0.05) is 25.5 Å². The molecular weight excluding hydrogens is 162 g/mol. The van der Waals surface area contributed by atoms with E-state index in [1.807, 2.05) is 18.5 Å². The van der Waals surface area contributed by atoms with E-state index in [-0.39, 0.29) is 0 Å². The van der Waals surface area contributed by atoms with Crippen molar-refractivity contribution in [2.24, 2.45) is 4.99 Å². The molecule has 0 N–H and O–H groups in total. The van der Waals surface area contributed by atoms with Gasteiger partial charge in [0.2, 0.25) is 0 Å². The van der Waals surface area contributed by atoms with E-state index in [1.54, 1.807) is 6.20 Å². The number of hydrogen-bond donors (Lipinski definition) is 0. The Morgan fingerprint density at radius 1 is 1.00 bits per heavy atom. The maximum atomic E-state index is 4.14. The lowest BCUT2D eigenvalue weighted by Crippen LogP contribution is -2.41. The molecule has 0 aliphatic carbocycles. The second-order valence-electron chi connectivity index (χ2n) is 3.34. The van der Waals surface area contributed by atoms with E-state index in [1.165, 1.54) is 19.3 Å². The normalized spacial score (nSPS) is 23.5. The molecule has 2 aliphatic rings. The van der Waals surface area contributed by atoms with Crippen molar-refractivity contribution in [2.45, 2.75) is 19.3 Å². The molecule has 0 aromatic heterocycles. The fraction of sp³-hybridized carbons (Fsp3) is 0.500. The van der Waals surface area contributed by atoms with E-state index < -0.39 is 0 Å². The van der Waals surface area contributed by atoms with Crippen LogP contribution in [0.4, 0.5) is 0 Å². The lowest BCUT2D eigenvalue weighted by molar-refractivity contribution is 0.0713. The van der Waals surface area contributed by atoms with Gasteiger partial charge in [0.15, 0.2) is 0 Å². The molecule has 2 heterocycles. The van der Waals surface area contributed by atoms with Crippen LogP contribution in [0.1, 0.15) is 19.3 Å². The Balaban J connectivity index is 1.98. The molecule has 2 aliphatic heterocycles. The van der Waals surface area contributed by atoms with Gasteiger partial charge in [-0.3, -0.25) is 5.01 Å². The topological polar surface area (TPSA) is 18.8 Å². The van der Waals surface area contributed by atoms with E-state index in [4.69, 9.17) is 0 Å².